The van der Waals surface area contributed by atoms with E-state index in [4.69, 9.17) is 9.84 Å². The van der Waals surface area contributed by atoms with Gasteiger partial charge in [-0.25, -0.2) is 4.79 Å². The molecule has 16 heavy (non-hydrogen) atoms. The van der Waals surface area contributed by atoms with E-state index in [1.807, 2.05) is 32.9 Å². The number of benzene rings is 1. The summed E-state index contributed by atoms with van der Waals surface area (Å²) in [6, 6.07) is 3.95. The fraction of sp³-hybridized carbons (Fsp3) is 0.417. The maximum Gasteiger partial charge on any atom is 0.332 e. The summed E-state index contributed by atoms with van der Waals surface area (Å²) in [4.78, 5) is 10.8. The van der Waals surface area contributed by atoms with Gasteiger partial charge in [0.15, 0.2) is 0 Å². The van der Waals surface area contributed by atoms with Crippen LogP contribution in [0.15, 0.2) is 12.1 Å². The number of hydrogen-bond donors (Lipinski definition) is 2. The van der Waals surface area contributed by atoms with Gasteiger partial charge in [-0.15, -0.1) is 0 Å². The van der Waals surface area contributed by atoms with Crippen molar-refractivity contribution in [1.29, 1.82) is 0 Å². The molecule has 0 aliphatic rings. The highest BCUT2D eigenvalue weighted by molar-refractivity contribution is 5.70. The Morgan fingerprint density at radius 1 is 1.25 bits per heavy atom. The van der Waals surface area contributed by atoms with E-state index in [1.165, 1.54) is 11.1 Å². The van der Waals surface area contributed by atoms with Crippen LogP contribution in [0.3, 0.4) is 0 Å². The largest absolute Gasteiger partial charge is 0.459 e. The number of carbonyl (C=O) groups is 1. The molecule has 0 aromatic heterocycles. The minimum atomic E-state index is -0.590. The molecule has 0 saturated carbocycles. The van der Waals surface area contributed by atoms with E-state index >= 15 is 0 Å². The number of aryl methyl sites for hydroxylation is 1. The zero-order chi connectivity index (χ0) is 11.4. The van der Waals surface area contributed by atoms with Crippen LogP contribution in [0.1, 0.15) is 22.3 Å². The quantitative estimate of drug-likeness (QED) is 0.769. The molecule has 0 unspecified atom stereocenters. The minimum absolute atomic E-state index is 0. The van der Waals surface area contributed by atoms with E-state index < -0.39 is 12.6 Å². The van der Waals surface area contributed by atoms with Gasteiger partial charge in [0, 0.05) is 0 Å². The number of carbonyl (C=O) groups excluding carboxylic acids is 1. The van der Waals surface area contributed by atoms with Gasteiger partial charge in [-0.2, -0.15) is 0 Å². The summed E-state index contributed by atoms with van der Waals surface area (Å²) in [5, 5.41) is 8.51. The van der Waals surface area contributed by atoms with Gasteiger partial charge >= 0.3 is 5.97 Å². The Hall–Kier alpha value is -1.39. The summed E-state index contributed by atoms with van der Waals surface area (Å²) in [5.74, 6) is -0.590. The van der Waals surface area contributed by atoms with Crippen LogP contribution >= 0.6 is 0 Å². The average Bonchev–Trinajstić information content (AvgIpc) is 2.24. The Balaban J connectivity index is 0.00000225. The van der Waals surface area contributed by atoms with Gasteiger partial charge in [0.2, 0.25) is 0 Å². The highest BCUT2D eigenvalue weighted by atomic mass is 16.5. The van der Waals surface area contributed by atoms with E-state index in [0.29, 0.717) is 0 Å². The molecule has 4 N–H and O–H groups in total. The van der Waals surface area contributed by atoms with Crippen molar-refractivity contribution in [3.63, 3.8) is 0 Å². The predicted octanol–water partition coefficient (Wildman–Crippen LogP) is 1.81. The summed E-state index contributed by atoms with van der Waals surface area (Å²) in [6.07, 6.45) is 0. The minimum Gasteiger partial charge on any atom is -0.459 e. The molecular formula is C12H19NO3. The number of ether oxygens (including phenoxy) is 1. The Labute approximate surface area is 95.8 Å². The first-order chi connectivity index (χ1) is 7.06. The molecule has 4 heteroatoms. The van der Waals surface area contributed by atoms with Crippen LogP contribution in [0, 0.1) is 20.8 Å². The van der Waals surface area contributed by atoms with E-state index in [-0.39, 0.29) is 12.8 Å². The van der Waals surface area contributed by atoms with E-state index in [9.17, 15) is 4.79 Å². The van der Waals surface area contributed by atoms with Crippen LogP contribution in [0.25, 0.3) is 0 Å². The second-order valence-electron chi connectivity index (χ2n) is 3.61. The fourth-order valence-electron chi connectivity index (χ4n) is 1.37. The van der Waals surface area contributed by atoms with Crippen molar-refractivity contribution in [2.75, 3.05) is 6.61 Å². The highest BCUT2D eigenvalue weighted by Gasteiger charge is 2.06. The number of rotatable bonds is 3. The molecule has 0 bridgehead atoms. The van der Waals surface area contributed by atoms with E-state index in [2.05, 4.69) is 0 Å². The van der Waals surface area contributed by atoms with E-state index in [1.54, 1.807) is 0 Å². The lowest BCUT2D eigenvalue weighted by atomic mass is 9.99. The lowest BCUT2D eigenvalue weighted by Crippen LogP contribution is -2.09. The number of hydrogen-bond acceptors (Lipinski definition) is 4. The first-order valence-corrected chi connectivity index (χ1v) is 4.88. The molecule has 0 spiro atoms. The van der Waals surface area contributed by atoms with Gasteiger partial charge in [-0.3, -0.25) is 0 Å². The summed E-state index contributed by atoms with van der Waals surface area (Å²) >= 11 is 0. The van der Waals surface area contributed by atoms with Crippen molar-refractivity contribution < 1.29 is 14.6 Å². The van der Waals surface area contributed by atoms with Crippen LogP contribution in [-0.2, 0) is 16.1 Å². The van der Waals surface area contributed by atoms with Crippen molar-refractivity contribution in [2.45, 2.75) is 27.4 Å². The Bertz CT molecular complexity index is 375. The van der Waals surface area contributed by atoms with Crippen molar-refractivity contribution in [3.05, 3.63) is 34.4 Å². The van der Waals surface area contributed by atoms with Gasteiger partial charge < -0.3 is 16.0 Å². The molecule has 0 aliphatic carbocycles. The van der Waals surface area contributed by atoms with Crippen molar-refractivity contribution in [1.82, 2.24) is 6.15 Å². The first kappa shape index (κ1) is 14.6. The summed E-state index contributed by atoms with van der Waals surface area (Å²) < 4.78 is 4.86. The highest BCUT2D eigenvalue weighted by Crippen LogP contribution is 2.17. The van der Waals surface area contributed by atoms with Crippen LogP contribution < -0.4 is 6.15 Å². The maximum atomic E-state index is 10.8. The molecule has 1 aromatic carbocycles. The van der Waals surface area contributed by atoms with Gasteiger partial charge in [0.1, 0.15) is 13.2 Å². The monoisotopic (exact) mass is 225 g/mol. The van der Waals surface area contributed by atoms with Crippen LogP contribution in [0.5, 0.6) is 0 Å². The standard InChI is InChI=1S/C12H16O3.H3N/c1-8-4-5-11(10(3)9(8)2)7-15-12(14)6-13;/h4-5,13H,6-7H2,1-3H3;1H3. The maximum absolute atomic E-state index is 10.8. The van der Waals surface area contributed by atoms with Crippen molar-refractivity contribution in [2.24, 2.45) is 0 Å². The molecular weight excluding hydrogens is 206 g/mol. The molecule has 0 fully saturated rings. The topological polar surface area (TPSA) is 81.5 Å². The molecule has 0 atom stereocenters. The summed E-state index contributed by atoms with van der Waals surface area (Å²) in [5.41, 5.74) is 4.57. The molecule has 0 aliphatic heterocycles. The van der Waals surface area contributed by atoms with Gasteiger partial charge in [0.05, 0.1) is 0 Å². The zero-order valence-electron chi connectivity index (χ0n) is 10.0. The third kappa shape index (κ3) is 3.32. The first-order valence-electron chi connectivity index (χ1n) is 4.88. The second-order valence-corrected chi connectivity index (χ2v) is 3.61. The van der Waals surface area contributed by atoms with Gasteiger partial charge in [-0.05, 0) is 43.0 Å². The molecule has 1 rings (SSSR count). The molecule has 0 heterocycles. The molecule has 4 nitrogen and oxygen atoms in total. The third-order valence-electron chi connectivity index (χ3n) is 2.69. The number of aliphatic hydroxyl groups excluding tert-OH is 1. The lowest BCUT2D eigenvalue weighted by Gasteiger charge is -2.11. The molecule has 0 radical (unpaired) electrons. The summed E-state index contributed by atoms with van der Waals surface area (Å²) in [7, 11) is 0. The predicted molar refractivity (Wildman–Crippen MR) is 62.6 cm³/mol. The molecule has 1 aromatic rings. The zero-order valence-corrected chi connectivity index (χ0v) is 10.0. The van der Waals surface area contributed by atoms with Crippen LogP contribution in [-0.4, -0.2) is 17.7 Å². The van der Waals surface area contributed by atoms with Crippen LogP contribution in [0.2, 0.25) is 0 Å². The van der Waals surface area contributed by atoms with Gasteiger partial charge in [-0.1, -0.05) is 12.1 Å². The number of esters is 1. The SMILES string of the molecule is Cc1ccc(COC(=O)CO)c(C)c1C.N. The Morgan fingerprint density at radius 2 is 1.88 bits per heavy atom. The van der Waals surface area contributed by atoms with Crippen molar-refractivity contribution >= 4 is 5.97 Å². The van der Waals surface area contributed by atoms with Gasteiger partial charge in [0.25, 0.3) is 0 Å². The lowest BCUT2D eigenvalue weighted by molar-refractivity contribution is -0.148. The summed E-state index contributed by atoms with van der Waals surface area (Å²) in [6.45, 7) is 5.76. The molecule has 90 valence electrons. The second kappa shape index (κ2) is 6.25. The smallest absolute Gasteiger partial charge is 0.332 e. The van der Waals surface area contributed by atoms with Crippen molar-refractivity contribution in [3.8, 4) is 0 Å². The third-order valence-corrected chi connectivity index (χ3v) is 2.69. The average molecular weight is 225 g/mol. The number of aliphatic hydroxyl groups is 1. The molecule has 0 amide bonds. The fourth-order valence-corrected chi connectivity index (χ4v) is 1.37. The molecule has 0 saturated heterocycles. The normalized spacial score (nSPS) is 9.50. The van der Waals surface area contributed by atoms with E-state index in [0.717, 1.165) is 11.1 Å². The van der Waals surface area contributed by atoms with Crippen LogP contribution in [0.4, 0.5) is 0 Å². The Morgan fingerprint density at radius 3 is 2.44 bits per heavy atom. The Kier molecular flexibility index (Phi) is 5.71.